The van der Waals surface area contributed by atoms with Crippen molar-refractivity contribution < 1.29 is 14.3 Å². The quantitative estimate of drug-likeness (QED) is 0.562. The predicted molar refractivity (Wildman–Crippen MR) is 116 cm³/mol. The third-order valence-electron chi connectivity index (χ3n) is 4.82. The van der Waals surface area contributed by atoms with Gasteiger partial charge in [0, 0.05) is 18.8 Å². The minimum Gasteiger partial charge on any atom is -0.463 e. The van der Waals surface area contributed by atoms with Crippen molar-refractivity contribution in [2.45, 2.75) is 39.2 Å². The lowest BCUT2D eigenvalue weighted by atomic mass is 9.85. The molecule has 2 amide bonds. The number of benzene rings is 1. The summed E-state index contributed by atoms with van der Waals surface area (Å²) >= 11 is 0. The van der Waals surface area contributed by atoms with E-state index in [1.165, 1.54) is 5.56 Å². The smallest absolute Gasteiger partial charge is 0.338 e. The zero-order valence-corrected chi connectivity index (χ0v) is 18.4. The van der Waals surface area contributed by atoms with Crippen LogP contribution < -0.4 is 5.32 Å². The van der Waals surface area contributed by atoms with Gasteiger partial charge in [-0.15, -0.1) is 6.58 Å². The van der Waals surface area contributed by atoms with E-state index < -0.39 is 12.0 Å². The summed E-state index contributed by atoms with van der Waals surface area (Å²) in [6.07, 6.45) is 1.65. The van der Waals surface area contributed by atoms with Crippen molar-refractivity contribution in [2.75, 3.05) is 33.8 Å². The highest BCUT2D eigenvalue weighted by atomic mass is 16.5. The molecule has 0 aromatic heterocycles. The van der Waals surface area contributed by atoms with Crippen molar-refractivity contribution in [1.82, 2.24) is 15.1 Å². The summed E-state index contributed by atoms with van der Waals surface area (Å²) < 4.78 is 5.37. The Labute approximate surface area is 174 Å². The van der Waals surface area contributed by atoms with E-state index >= 15 is 0 Å². The Kier molecular flexibility index (Phi) is 7.25. The number of ether oxygens (including phenoxy) is 1. The third kappa shape index (κ3) is 5.26. The number of esters is 1. The Balaban J connectivity index is 2.61. The highest BCUT2D eigenvalue weighted by Gasteiger charge is 2.38. The zero-order chi connectivity index (χ0) is 21.8. The van der Waals surface area contributed by atoms with Gasteiger partial charge in [0.2, 0.25) is 0 Å². The predicted octanol–water partition coefficient (Wildman–Crippen LogP) is 3.62. The summed E-state index contributed by atoms with van der Waals surface area (Å²) in [4.78, 5) is 29.3. The Bertz CT molecular complexity index is 789. The molecule has 1 heterocycles. The van der Waals surface area contributed by atoms with Crippen LogP contribution >= 0.6 is 0 Å². The average Bonchev–Trinajstić information content (AvgIpc) is 2.63. The van der Waals surface area contributed by atoms with Crippen molar-refractivity contribution in [3.05, 3.63) is 59.3 Å². The molecule has 1 aliphatic rings. The Hall–Kier alpha value is -2.60. The fourth-order valence-corrected chi connectivity index (χ4v) is 3.37. The molecule has 1 atom stereocenters. The monoisotopic (exact) mass is 399 g/mol. The van der Waals surface area contributed by atoms with Crippen LogP contribution in [0.4, 0.5) is 4.79 Å². The first kappa shape index (κ1) is 22.7. The molecule has 0 radical (unpaired) electrons. The van der Waals surface area contributed by atoms with Crippen molar-refractivity contribution >= 4 is 12.0 Å². The lowest BCUT2D eigenvalue weighted by molar-refractivity contribution is -0.139. The molecule has 1 unspecified atom stereocenters. The van der Waals surface area contributed by atoms with Crippen LogP contribution in [0, 0.1) is 0 Å². The summed E-state index contributed by atoms with van der Waals surface area (Å²) in [7, 11) is 3.81. The molecular weight excluding hydrogens is 366 g/mol. The Morgan fingerprint density at radius 2 is 1.90 bits per heavy atom. The van der Waals surface area contributed by atoms with Gasteiger partial charge in [0.15, 0.2) is 0 Å². The van der Waals surface area contributed by atoms with E-state index in [9.17, 15) is 9.59 Å². The molecule has 29 heavy (non-hydrogen) atoms. The lowest BCUT2D eigenvalue weighted by Gasteiger charge is -2.37. The number of likely N-dealkylation sites (N-methyl/N-ethyl adjacent to an activating group) is 1. The topological polar surface area (TPSA) is 61.9 Å². The fraction of sp³-hybridized carbons (Fsp3) is 0.478. The van der Waals surface area contributed by atoms with Crippen LogP contribution in [0.25, 0.3) is 0 Å². The van der Waals surface area contributed by atoms with Crippen molar-refractivity contribution in [3.63, 3.8) is 0 Å². The number of hydrogen-bond donors (Lipinski definition) is 1. The molecule has 0 bridgehead atoms. The second kappa shape index (κ2) is 9.27. The Morgan fingerprint density at radius 3 is 2.38 bits per heavy atom. The molecule has 0 spiro atoms. The van der Waals surface area contributed by atoms with E-state index in [0.717, 1.165) is 5.56 Å². The second-order valence-electron chi connectivity index (χ2n) is 8.47. The molecule has 1 aromatic rings. The summed E-state index contributed by atoms with van der Waals surface area (Å²) in [6.45, 7) is 13.0. The first-order valence-corrected chi connectivity index (χ1v) is 9.94. The molecule has 1 aliphatic heterocycles. The number of carbonyl (C=O) groups is 2. The molecule has 1 N–H and O–H groups in total. The summed E-state index contributed by atoms with van der Waals surface area (Å²) in [5, 5.41) is 2.98. The van der Waals surface area contributed by atoms with Crippen molar-refractivity contribution in [2.24, 2.45) is 0 Å². The molecular formula is C23H33N3O3. The molecule has 6 heteroatoms. The largest absolute Gasteiger partial charge is 0.463 e. The van der Waals surface area contributed by atoms with Crippen LogP contribution in [0.5, 0.6) is 0 Å². The maximum Gasteiger partial charge on any atom is 0.338 e. The first-order chi connectivity index (χ1) is 13.6. The Morgan fingerprint density at radius 1 is 1.28 bits per heavy atom. The normalized spacial score (nSPS) is 17.4. The molecule has 6 nitrogen and oxygen atoms in total. The van der Waals surface area contributed by atoms with Crippen LogP contribution in [0.2, 0.25) is 0 Å². The van der Waals surface area contributed by atoms with Gasteiger partial charge in [-0.2, -0.15) is 0 Å². The van der Waals surface area contributed by atoms with Gasteiger partial charge in [0.1, 0.15) is 0 Å². The van der Waals surface area contributed by atoms with Crippen LogP contribution in [0.3, 0.4) is 0 Å². The number of urea groups is 1. The second-order valence-corrected chi connectivity index (χ2v) is 8.47. The average molecular weight is 400 g/mol. The van der Waals surface area contributed by atoms with E-state index in [-0.39, 0.29) is 18.1 Å². The summed E-state index contributed by atoms with van der Waals surface area (Å²) in [6, 6.07) is 7.23. The van der Waals surface area contributed by atoms with Crippen LogP contribution in [0.1, 0.15) is 44.9 Å². The summed E-state index contributed by atoms with van der Waals surface area (Å²) in [5.74, 6) is -0.414. The van der Waals surface area contributed by atoms with Gasteiger partial charge >= 0.3 is 12.0 Å². The van der Waals surface area contributed by atoms with Crippen molar-refractivity contribution in [3.8, 4) is 0 Å². The van der Waals surface area contributed by atoms with E-state index in [1.54, 1.807) is 17.9 Å². The van der Waals surface area contributed by atoms with E-state index in [2.05, 4.69) is 32.7 Å². The molecule has 0 saturated carbocycles. The van der Waals surface area contributed by atoms with E-state index in [0.29, 0.717) is 24.4 Å². The van der Waals surface area contributed by atoms with Crippen molar-refractivity contribution in [1.29, 1.82) is 0 Å². The molecule has 0 aliphatic carbocycles. The number of hydrogen-bond acceptors (Lipinski definition) is 4. The zero-order valence-electron chi connectivity index (χ0n) is 18.4. The minimum atomic E-state index is -0.563. The van der Waals surface area contributed by atoms with Gasteiger partial charge in [-0.1, -0.05) is 51.1 Å². The fourth-order valence-electron chi connectivity index (χ4n) is 3.37. The van der Waals surface area contributed by atoms with Gasteiger partial charge in [0.05, 0.1) is 18.2 Å². The van der Waals surface area contributed by atoms with Crippen LogP contribution in [0.15, 0.2) is 48.2 Å². The lowest BCUT2D eigenvalue weighted by Crippen LogP contribution is -2.50. The minimum absolute atomic E-state index is 0.0188. The summed E-state index contributed by atoms with van der Waals surface area (Å²) in [5.41, 5.74) is 3.16. The van der Waals surface area contributed by atoms with Gasteiger partial charge in [-0.3, -0.25) is 4.90 Å². The van der Waals surface area contributed by atoms with Gasteiger partial charge in [0.25, 0.3) is 0 Å². The van der Waals surface area contributed by atoms with Gasteiger partial charge in [-0.05, 0) is 37.6 Å². The molecule has 2 rings (SSSR count). The van der Waals surface area contributed by atoms with Gasteiger partial charge < -0.3 is 15.0 Å². The number of rotatable bonds is 7. The number of amides is 2. The van der Waals surface area contributed by atoms with Crippen LogP contribution in [-0.2, 0) is 14.9 Å². The van der Waals surface area contributed by atoms with Gasteiger partial charge in [-0.25, -0.2) is 9.59 Å². The standard InChI is InChI=1S/C23H33N3O3/c1-8-14-26-18(15-25(6)7)19(21(27)29-9-2)20(24-22(26)28)16-10-12-17(13-11-16)23(3,4)5/h8,10-13,20H,1,9,14-15H2,2-7H3,(H,24,28). The maximum absolute atomic E-state index is 13.0. The van der Waals surface area contributed by atoms with E-state index in [1.807, 2.05) is 43.3 Å². The molecule has 158 valence electrons. The maximum atomic E-state index is 13.0. The van der Waals surface area contributed by atoms with Crippen LogP contribution in [-0.4, -0.2) is 55.6 Å². The molecule has 0 saturated heterocycles. The van der Waals surface area contributed by atoms with E-state index in [4.69, 9.17) is 4.74 Å². The highest BCUT2D eigenvalue weighted by Crippen LogP contribution is 2.33. The molecule has 0 fully saturated rings. The third-order valence-corrected chi connectivity index (χ3v) is 4.82. The highest BCUT2D eigenvalue weighted by molar-refractivity contribution is 5.95. The number of nitrogens with zero attached hydrogens (tertiary/aromatic N) is 2. The molecule has 1 aromatic carbocycles. The number of nitrogens with one attached hydrogen (secondary N) is 1. The number of carbonyl (C=O) groups excluding carboxylic acids is 2. The SMILES string of the molecule is C=CCN1C(=O)NC(c2ccc(C(C)(C)C)cc2)C(C(=O)OCC)=C1CN(C)C. The first-order valence-electron chi connectivity index (χ1n) is 9.94.